The fraction of sp³-hybridized carbons (Fsp3) is 0.0154. The molecule has 0 radical (unpaired) electrons. The molecule has 0 amide bonds. The number of anilines is 3. The molecule has 0 fully saturated rings. The maximum atomic E-state index is 2.42. The van der Waals surface area contributed by atoms with E-state index in [1.165, 1.54) is 88.7 Å². The van der Waals surface area contributed by atoms with Crippen LogP contribution in [0.2, 0.25) is 0 Å². The van der Waals surface area contributed by atoms with E-state index in [9.17, 15) is 0 Å². The van der Waals surface area contributed by atoms with E-state index < -0.39 is 5.41 Å². The molecule has 0 spiro atoms. The standard InChI is InChI=1S/C65H45N/c1-4-18-47(19-5-1)59-43-42-56(45-62(59)49-20-6-2-7-21-49)66(55-40-36-50(37-41-55)58-31-17-23-48-22-10-11-28-57(48)58)54-38-34-46(35-39-54)51-24-16-27-53(44-51)65(52-25-8-3-9-26-52)63-32-14-12-29-60(63)61-30-13-15-33-64(61)65/h1-45H. The van der Waals surface area contributed by atoms with Crippen molar-refractivity contribution in [2.75, 3.05) is 4.90 Å². The predicted molar refractivity (Wildman–Crippen MR) is 278 cm³/mol. The van der Waals surface area contributed by atoms with Crippen molar-refractivity contribution in [2.24, 2.45) is 0 Å². The van der Waals surface area contributed by atoms with Crippen LogP contribution in [-0.4, -0.2) is 0 Å². The lowest BCUT2D eigenvalue weighted by Gasteiger charge is -2.34. The first-order chi connectivity index (χ1) is 32.7. The van der Waals surface area contributed by atoms with Gasteiger partial charge in [0.15, 0.2) is 0 Å². The number of fused-ring (bicyclic) bond motifs is 4. The van der Waals surface area contributed by atoms with Gasteiger partial charge in [-0.25, -0.2) is 0 Å². The number of benzene rings is 11. The molecule has 66 heavy (non-hydrogen) atoms. The largest absolute Gasteiger partial charge is 0.310 e. The second kappa shape index (κ2) is 16.6. The molecule has 0 bridgehead atoms. The maximum absolute atomic E-state index is 2.42. The van der Waals surface area contributed by atoms with Crippen molar-refractivity contribution in [2.45, 2.75) is 5.41 Å². The first-order valence-electron chi connectivity index (χ1n) is 22.8. The summed E-state index contributed by atoms with van der Waals surface area (Å²) in [6.45, 7) is 0. The van der Waals surface area contributed by atoms with Gasteiger partial charge in [-0.05, 0) is 131 Å². The van der Waals surface area contributed by atoms with Crippen molar-refractivity contribution < 1.29 is 0 Å². The third-order valence-electron chi connectivity index (χ3n) is 13.6. The Morgan fingerprint density at radius 3 is 1.36 bits per heavy atom. The van der Waals surface area contributed by atoms with Crippen LogP contribution in [0.15, 0.2) is 273 Å². The highest BCUT2D eigenvalue weighted by molar-refractivity contribution is 5.97. The Kier molecular flexibility index (Phi) is 9.81. The quantitative estimate of drug-likeness (QED) is 0.140. The lowest BCUT2D eigenvalue weighted by molar-refractivity contribution is 0.769. The minimum Gasteiger partial charge on any atom is -0.310 e. The summed E-state index contributed by atoms with van der Waals surface area (Å²) in [7, 11) is 0. The van der Waals surface area contributed by atoms with E-state index in [0.29, 0.717) is 0 Å². The Balaban J connectivity index is 0.984. The van der Waals surface area contributed by atoms with E-state index >= 15 is 0 Å². The third kappa shape index (κ3) is 6.64. The predicted octanol–water partition coefficient (Wildman–Crippen LogP) is 17.3. The summed E-state index contributed by atoms with van der Waals surface area (Å²) in [6.07, 6.45) is 0. The molecular formula is C65H45N. The summed E-state index contributed by atoms with van der Waals surface area (Å²) < 4.78 is 0. The Bertz CT molecular complexity index is 3450. The van der Waals surface area contributed by atoms with Crippen LogP contribution >= 0.6 is 0 Å². The average Bonchev–Trinajstić information content (AvgIpc) is 3.71. The second-order valence-electron chi connectivity index (χ2n) is 17.2. The number of rotatable bonds is 9. The molecule has 1 heteroatoms. The van der Waals surface area contributed by atoms with Crippen LogP contribution in [0.25, 0.3) is 66.4 Å². The van der Waals surface area contributed by atoms with E-state index in [4.69, 9.17) is 0 Å². The zero-order valence-corrected chi connectivity index (χ0v) is 36.4. The zero-order chi connectivity index (χ0) is 43.9. The van der Waals surface area contributed by atoms with E-state index in [1.54, 1.807) is 0 Å². The minimum atomic E-state index is -0.457. The molecule has 0 aromatic heterocycles. The van der Waals surface area contributed by atoms with Crippen LogP contribution in [0.3, 0.4) is 0 Å². The van der Waals surface area contributed by atoms with Gasteiger partial charge in [0.05, 0.1) is 5.41 Å². The van der Waals surface area contributed by atoms with Gasteiger partial charge in [0, 0.05) is 17.1 Å². The summed E-state index contributed by atoms with van der Waals surface area (Å²) in [6, 6.07) is 99.9. The van der Waals surface area contributed by atoms with E-state index in [2.05, 4.69) is 278 Å². The monoisotopic (exact) mass is 839 g/mol. The number of hydrogen-bond donors (Lipinski definition) is 0. The van der Waals surface area contributed by atoms with Gasteiger partial charge in [-0.15, -0.1) is 0 Å². The minimum absolute atomic E-state index is 0.457. The second-order valence-corrected chi connectivity index (χ2v) is 17.2. The Labute approximate surface area is 387 Å². The molecule has 11 aromatic rings. The van der Waals surface area contributed by atoms with Crippen molar-refractivity contribution in [1.82, 2.24) is 0 Å². The van der Waals surface area contributed by atoms with Gasteiger partial charge in [0.25, 0.3) is 0 Å². The normalized spacial score (nSPS) is 12.4. The van der Waals surface area contributed by atoms with Gasteiger partial charge in [0.2, 0.25) is 0 Å². The Hall–Kier alpha value is -8.52. The zero-order valence-electron chi connectivity index (χ0n) is 36.4. The van der Waals surface area contributed by atoms with Crippen molar-refractivity contribution in [3.05, 3.63) is 295 Å². The van der Waals surface area contributed by atoms with E-state index in [-0.39, 0.29) is 0 Å². The van der Waals surface area contributed by atoms with Crippen LogP contribution < -0.4 is 4.90 Å². The molecule has 0 aliphatic heterocycles. The molecular weight excluding hydrogens is 795 g/mol. The maximum Gasteiger partial charge on any atom is 0.0713 e. The highest BCUT2D eigenvalue weighted by Crippen LogP contribution is 2.56. The summed E-state index contributed by atoms with van der Waals surface area (Å²) in [4.78, 5) is 2.39. The van der Waals surface area contributed by atoms with E-state index in [0.717, 1.165) is 17.1 Å². The molecule has 0 saturated heterocycles. The lowest BCUT2D eigenvalue weighted by Crippen LogP contribution is -2.28. The molecule has 0 saturated carbocycles. The van der Waals surface area contributed by atoms with Gasteiger partial charge in [0.1, 0.15) is 0 Å². The molecule has 12 rings (SSSR count). The summed E-state index contributed by atoms with van der Waals surface area (Å²) in [5.41, 5.74) is 20.1. The highest BCUT2D eigenvalue weighted by Gasteiger charge is 2.45. The Morgan fingerprint density at radius 1 is 0.242 bits per heavy atom. The molecule has 0 heterocycles. The van der Waals surface area contributed by atoms with Crippen LogP contribution in [0, 0.1) is 0 Å². The van der Waals surface area contributed by atoms with Gasteiger partial charge >= 0.3 is 0 Å². The highest BCUT2D eigenvalue weighted by atomic mass is 15.1. The van der Waals surface area contributed by atoms with Crippen LogP contribution in [0.1, 0.15) is 22.3 Å². The van der Waals surface area contributed by atoms with Gasteiger partial charge in [-0.3, -0.25) is 0 Å². The van der Waals surface area contributed by atoms with Gasteiger partial charge < -0.3 is 4.90 Å². The first kappa shape index (κ1) is 39.1. The van der Waals surface area contributed by atoms with Crippen LogP contribution in [0.5, 0.6) is 0 Å². The van der Waals surface area contributed by atoms with Crippen LogP contribution in [0.4, 0.5) is 17.1 Å². The summed E-state index contributed by atoms with van der Waals surface area (Å²) in [5, 5.41) is 2.50. The number of nitrogens with zero attached hydrogens (tertiary/aromatic N) is 1. The SMILES string of the molecule is c1ccc(-c2ccc(N(c3ccc(-c4cccc(C5(c6ccccc6)c6ccccc6-c6ccccc65)c4)cc3)c3ccc(-c4cccc5ccccc45)cc3)cc2-c2ccccc2)cc1. The summed E-state index contributed by atoms with van der Waals surface area (Å²) in [5.74, 6) is 0. The van der Waals surface area contributed by atoms with E-state index in [1.807, 2.05) is 0 Å². The van der Waals surface area contributed by atoms with Crippen molar-refractivity contribution in [3.63, 3.8) is 0 Å². The molecule has 310 valence electrons. The Morgan fingerprint density at radius 2 is 0.697 bits per heavy atom. The fourth-order valence-corrected chi connectivity index (χ4v) is 10.6. The first-order valence-corrected chi connectivity index (χ1v) is 22.8. The van der Waals surface area contributed by atoms with Crippen molar-refractivity contribution in [1.29, 1.82) is 0 Å². The molecule has 1 nitrogen and oxygen atoms in total. The molecule has 1 aliphatic rings. The summed E-state index contributed by atoms with van der Waals surface area (Å²) >= 11 is 0. The fourth-order valence-electron chi connectivity index (χ4n) is 10.6. The molecule has 1 aliphatic carbocycles. The van der Waals surface area contributed by atoms with Gasteiger partial charge in [-0.2, -0.15) is 0 Å². The third-order valence-corrected chi connectivity index (χ3v) is 13.6. The molecule has 0 N–H and O–H groups in total. The molecule has 0 atom stereocenters. The van der Waals surface area contributed by atoms with Gasteiger partial charge in [-0.1, -0.05) is 231 Å². The van der Waals surface area contributed by atoms with Crippen molar-refractivity contribution >= 4 is 27.8 Å². The molecule has 0 unspecified atom stereocenters. The smallest absolute Gasteiger partial charge is 0.0713 e. The average molecular weight is 840 g/mol. The number of hydrogen-bond acceptors (Lipinski definition) is 1. The van der Waals surface area contributed by atoms with Crippen LogP contribution in [-0.2, 0) is 5.41 Å². The lowest BCUT2D eigenvalue weighted by atomic mass is 9.67. The molecule has 11 aromatic carbocycles. The topological polar surface area (TPSA) is 3.24 Å². The van der Waals surface area contributed by atoms with Crippen molar-refractivity contribution in [3.8, 4) is 55.6 Å².